The van der Waals surface area contributed by atoms with E-state index in [4.69, 9.17) is 5.73 Å². The maximum atomic E-state index is 5.91. The summed E-state index contributed by atoms with van der Waals surface area (Å²) >= 11 is 1.78. The van der Waals surface area contributed by atoms with Crippen molar-refractivity contribution in [2.75, 3.05) is 5.73 Å². The lowest BCUT2D eigenvalue weighted by Gasteiger charge is -2.29. The Morgan fingerprint density at radius 1 is 1.37 bits per heavy atom. The summed E-state index contributed by atoms with van der Waals surface area (Å²) in [6, 6.07) is 11.7. The molecular weight excluding hydrogens is 252 g/mol. The molecule has 2 N–H and O–H groups in total. The number of hydrogen-bond acceptors (Lipinski definition) is 3. The Morgan fingerprint density at radius 3 is 2.84 bits per heavy atom. The van der Waals surface area contributed by atoms with Crippen molar-refractivity contribution >= 4 is 17.0 Å². The van der Waals surface area contributed by atoms with Crippen LogP contribution in [0.5, 0.6) is 0 Å². The van der Waals surface area contributed by atoms with Gasteiger partial charge in [0.25, 0.3) is 0 Å². The van der Waals surface area contributed by atoms with E-state index in [0.29, 0.717) is 6.04 Å². The van der Waals surface area contributed by atoms with Gasteiger partial charge in [0, 0.05) is 24.3 Å². The van der Waals surface area contributed by atoms with Crippen molar-refractivity contribution in [3.63, 3.8) is 0 Å². The molecule has 1 aromatic heterocycles. The monoisotopic (exact) mass is 272 g/mol. The minimum Gasteiger partial charge on any atom is -0.399 e. The summed E-state index contributed by atoms with van der Waals surface area (Å²) in [6.07, 6.45) is 2.66. The van der Waals surface area contributed by atoms with Crippen LogP contribution in [0, 0.1) is 0 Å². The van der Waals surface area contributed by atoms with E-state index in [2.05, 4.69) is 46.8 Å². The first-order chi connectivity index (χ1) is 9.24. The number of benzene rings is 1. The van der Waals surface area contributed by atoms with Crippen LogP contribution < -0.4 is 5.73 Å². The zero-order valence-electron chi connectivity index (χ0n) is 11.3. The zero-order valence-corrected chi connectivity index (χ0v) is 12.1. The topological polar surface area (TPSA) is 29.3 Å². The highest BCUT2D eigenvalue weighted by molar-refractivity contribution is 7.07. The molecule has 1 heterocycles. The molecule has 0 bridgehead atoms. The summed E-state index contributed by atoms with van der Waals surface area (Å²) in [4.78, 5) is 2.61. The van der Waals surface area contributed by atoms with Crippen LogP contribution in [0.4, 0.5) is 5.69 Å². The molecule has 1 atom stereocenters. The van der Waals surface area contributed by atoms with E-state index in [1.54, 1.807) is 11.3 Å². The number of nitrogen functional groups attached to an aromatic ring is 1. The number of rotatable bonds is 5. The fourth-order valence-corrected chi connectivity index (χ4v) is 3.25. The second kappa shape index (κ2) is 5.35. The fraction of sp³-hybridized carbons (Fsp3) is 0.375. The van der Waals surface area contributed by atoms with Crippen LogP contribution in [0.2, 0.25) is 0 Å². The molecule has 0 radical (unpaired) electrons. The average Bonchev–Trinajstić information content (AvgIpc) is 3.12. The summed E-state index contributed by atoms with van der Waals surface area (Å²) in [5.41, 5.74) is 9.51. The molecule has 2 aromatic rings. The minimum atomic E-state index is 0.427. The summed E-state index contributed by atoms with van der Waals surface area (Å²) in [5.74, 6) is 0. The molecular formula is C16H20N2S. The van der Waals surface area contributed by atoms with Gasteiger partial charge in [-0.1, -0.05) is 12.1 Å². The lowest BCUT2D eigenvalue weighted by atomic mass is 10.1. The minimum absolute atomic E-state index is 0.427. The van der Waals surface area contributed by atoms with E-state index in [0.717, 1.165) is 18.3 Å². The third kappa shape index (κ3) is 2.99. The van der Waals surface area contributed by atoms with Gasteiger partial charge in [0.15, 0.2) is 0 Å². The van der Waals surface area contributed by atoms with E-state index < -0.39 is 0 Å². The molecule has 2 nitrogen and oxygen atoms in total. The van der Waals surface area contributed by atoms with E-state index >= 15 is 0 Å². The molecule has 0 spiro atoms. The van der Waals surface area contributed by atoms with Crippen LogP contribution in [0.15, 0.2) is 41.1 Å². The molecule has 3 rings (SSSR count). The van der Waals surface area contributed by atoms with Gasteiger partial charge in [0.1, 0.15) is 0 Å². The van der Waals surface area contributed by atoms with Gasteiger partial charge in [-0.05, 0) is 59.9 Å². The number of nitrogens with zero attached hydrogens (tertiary/aromatic N) is 1. The lowest BCUT2D eigenvalue weighted by Crippen LogP contribution is -2.28. The summed E-state index contributed by atoms with van der Waals surface area (Å²) in [5, 5.41) is 4.41. The van der Waals surface area contributed by atoms with Crippen LogP contribution >= 0.6 is 11.3 Å². The Kier molecular flexibility index (Phi) is 3.58. The van der Waals surface area contributed by atoms with Crippen molar-refractivity contribution in [1.82, 2.24) is 4.90 Å². The quantitative estimate of drug-likeness (QED) is 0.832. The Balaban J connectivity index is 1.79. The van der Waals surface area contributed by atoms with Gasteiger partial charge < -0.3 is 5.73 Å². The predicted octanol–water partition coefficient (Wildman–Crippen LogP) is 4.06. The summed E-state index contributed by atoms with van der Waals surface area (Å²) < 4.78 is 0. The number of thiophene rings is 1. The fourth-order valence-electron chi connectivity index (χ4n) is 2.59. The first-order valence-corrected chi connectivity index (χ1v) is 7.80. The number of nitrogens with two attached hydrogens (primary N) is 1. The van der Waals surface area contributed by atoms with Gasteiger partial charge in [-0.3, -0.25) is 4.90 Å². The third-order valence-electron chi connectivity index (χ3n) is 3.85. The summed E-state index contributed by atoms with van der Waals surface area (Å²) in [6.45, 7) is 3.34. The maximum Gasteiger partial charge on any atom is 0.0327 e. The maximum absolute atomic E-state index is 5.91. The van der Waals surface area contributed by atoms with E-state index in [1.807, 2.05) is 6.07 Å². The van der Waals surface area contributed by atoms with E-state index in [1.165, 1.54) is 24.0 Å². The van der Waals surface area contributed by atoms with Crippen LogP contribution in [-0.4, -0.2) is 10.9 Å². The highest BCUT2D eigenvalue weighted by Crippen LogP contribution is 2.36. The SMILES string of the molecule is CC(c1cccc(N)c1)N(Cc1ccsc1)C1CC1. The Hall–Kier alpha value is -1.32. The van der Waals surface area contributed by atoms with Crippen molar-refractivity contribution in [2.24, 2.45) is 0 Å². The highest BCUT2D eigenvalue weighted by Gasteiger charge is 2.32. The van der Waals surface area contributed by atoms with Crippen molar-refractivity contribution in [3.05, 3.63) is 52.2 Å². The standard InChI is InChI=1S/C16H20N2S/c1-12(14-3-2-4-15(17)9-14)18(16-5-6-16)10-13-7-8-19-11-13/h2-4,7-9,11-12,16H,5-6,10,17H2,1H3. The molecule has 1 saturated carbocycles. The van der Waals surface area contributed by atoms with Crippen LogP contribution in [0.1, 0.15) is 36.9 Å². The number of anilines is 1. The molecule has 0 aliphatic heterocycles. The molecule has 19 heavy (non-hydrogen) atoms. The molecule has 1 aliphatic rings. The third-order valence-corrected chi connectivity index (χ3v) is 4.58. The van der Waals surface area contributed by atoms with Gasteiger partial charge in [-0.25, -0.2) is 0 Å². The Bertz CT molecular complexity index is 531. The van der Waals surface area contributed by atoms with Crippen molar-refractivity contribution in [3.8, 4) is 0 Å². The highest BCUT2D eigenvalue weighted by atomic mass is 32.1. The molecule has 1 unspecified atom stereocenters. The molecule has 1 aromatic carbocycles. The smallest absolute Gasteiger partial charge is 0.0327 e. The van der Waals surface area contributed by atoms with Gasteiger partial charge >= 0.3 is 0 Å². The van der Waals surface area contributed by atoms with Crippen LogP contribution in [0.25, 0.3) is 0 Å². The van der Waals surface area contributed by atoms with Gasteiger partial charge in [0.05, 0.1) is 0 Å². The van der Waals surface area contributed by atoms with Gasteiger partial charge in [0.2, 0.25) is 0 Å². The van der Waals surface area contributed by atoms with Crippen molar-refractivity contribution in [2.45, 2.75) is 38.4 Å². The lowest BCUT2D eigenvalue weighted by molar-refractivity contribution is 0.191. The largest absolute Gasteiger partial charge is 0.399 e. The van der Waals surface area contributed by atoms with E-state index in [-0.39, 0.29) is 0 Å². The van der Waals surface area contributed by atoms with Gasteiger partial charge in [-0.15, -0.1) is 0 Å². The molecule has 0 saturated heterocycles. The normalized spacial score (nSPS) is 16.7. The van der Waals surface area contributed by atoms with E-state index in [9.17, 15) is 0 Å². The molecule has 3 heteroatoms. The molecule has 1 aliphatic carbocycles. The summed E-state index contributed by atoms with van der Waals surface area (Å²) in [7, 11) is 0. The molecule has 1 fully saturated rings. The van der Waals surface area contributed by atoms with Crippen molar-refractivity contribution < 1.29 is 0 Å². The molecule has 0 amide bonds. The van der Waals surface area contributed by atoms with Crippen LogP contribution in [0.3, 0.4) is 0 Å². The predicted molar refractivity (Wildman–Crippen MR) is 82.2 cm³/mol. The first kappa shape index (κ1) is 12.7. The first-order valence-electron chi connectivity index (χ1n) is 6.86. The van der Waals surface area contributed by atoms with Crippen molar-refractivity contribution in [1.29, 1.82) is 0 Å². The Morgan fingerprint density at radius 2 is 2.21 bits per heavy atom. The zero-order chi connectivity index (χ0) is 13.2. The van der Waals surface area contributed by atoms with Crippen LogP contribution in [-0.2, 0) is 6.54 Å². The Labute approximate surface area is 118 Å². The molecule has 100 valence electrons. The average molecular weight is 272 g/mol. The number of hydrogen-bond donors (Lipinski definition) is 1. The second-order valence-electron chi connectivity index (χ2n) is 5.38. The second-order valence-corrected chi connectivity index (χ2v) is 6.16. The van der Waals surface area contributed by atoms with Gasteiger partial charge in [-0.2, -0.15) is 11.3 Å².